The van der Waals surface area contributed by atoms with Crippen LogP contribution in [0.4, 0.5) is 5.82 Å². The van der Waals surface area contributed by atoms with E-state index < -0.39 is 29.5 Å². The molecular formula is C38H45Cl2N3O5. The minimum Gasteiger partial charge on any atom is -0.507 e. The van der Waals surface area contributed by atoms with Gasteiger partial charge in [0.1, 0.15) is 39.4 Å². The Labute approximate surface area is 291 Å². The Morgan fingerprint density at radius 2 is 1.54 bits per heavy atom. The quantitative estimate of drug-likeness (QED) is 0.195. The van der Waals surface area contributed by atoms with Crippen molar-refractivity contribution >= 4 is 46.4 Å². The zero-order valence-corrected chi connectivity index (χ0v) is 30.3. The highest BCUT2D eigenvalue weighted by atomic mass is 35.5. The largest absolute Gasteiger partial charge is 0.507 e. The molecular weight excluding hydrogens is 649 g/mol. The molecule has 48 heavy (non-hydrogen) atoms. The molecule has 2 heterocycles. The standard InChI is InChI=1S/C38H45Cl2N3O5/c1-20-18-25(37(3,4)5)31(26(19-20)38(6,7)8)48-36(46)28-27(22-14-16-23(39)17-15-22)32(40)43-34(28)42-33(41)29(35(43)45)30(44)21(2)47-24-12-10-9-11-13-24/h9-17,20-21,25-26,31,44H,18-19H2,1-8H3,(H2,41,42)/b30-29+. The Balaban J connectivity index is 1.72. The van der Waals surface area contributed by atoms with Crippen LogP contribution in [0.3, 0.4) is 0 Å². The Kier molecular flexibility index (Phi) is 9.84. The summed E-state index contributed by atoms with van der Waals surface area (Å²) in [4.78, 5) is 33.3. The van der Waals surface area contributed by atoms with Gasteiger partial charge in [0.2, 0.25) is 0 Å². The van der Waals surface area contributed by atoms with Crippen molar-refractivity contribution in [1.29, 1.82) is 0 Å². The second-order valence-corrected chi connectivity index (χ2v) is 16.0. The third kappa shape index (κ3) is 6.88. The Hall–Kier alpha value is -3.75. The first-order chi connectivity index (χ1) is 22.4. The molecule has 0 spiro atoms. The number of hydrogen-bond donors (Lipinski definition) is 2. The number of esters is 1. The number of carbonyl (C=O) groups is 1. The van der Waals surface area contributed by atoms with E-state index in [-0.39, 0.29) is 55.6 Å². The van der Waals surface area contributed by atoms with Gasteiger partial charge in [-0.15, -0.1) is 0 Å². The number of para-hydroxylation sites is 1. The van der Waals surface area contributed by atoms with E-state index in [0.717, 1.165) is 17.2 Å². The summed E-state index contributed by atoms with van der Waals surface area (Å²) in [5.41, 5.74) is 6.11. The highest BCUT2D eigenvalue weighted by molar-refractivity contribution is 6.34. The fraction of sp³-hybridized carbons (Fsp3) is 0.447. The van der Waals surface area contributed by atoms with Crippen LogP contribution in [0.1, 0.15) is 78.6 Å². The normalized spacial score (nSPS) is 21.5. The molecule has 10 heteroatoms. The molecule has 2 aromatic heterocycles. The summed E-state index contributed by atoms with van der Waals surface area (Å²) >= 11 is 13.2. The third-order valence-corrected chi connectivity index (χ3v) is 10.2. The van der Waals surface area contributed by atoms with E-state index in [1.165, 1.54) is 0 Å². The molecule has 3 N–H and O–H groups in total. The molecule has 4 aromatic rings. The van der Waals surface area contributed by atoms with E-state index >= 15 is 0 Å². The second kappa shape index (κ2) is 13.3. The Morgan fingerprint density at radius 3 is 2.08 bits per heavy atom. The number of halogens is 2. The zero-order chi connectivity index (χ0) is 35.3. The number of rotatable bonds is 6. The average Bonchev–Trinajstić information content (AvgIpc) is 3.29. The van der Waals surface area contributed by atoms with Crippen LogP contribution >= 0.6 is 23.2 Å². The first kappa shape index (κ1) is 35.6. The summed E-state index contributed by atoms with van der Waals surface area (Å²) in [7, 11) is 0. The van der Waals surface area contributed by atoms with Crippen molar-refractivity contribution in [3.8, 4) is 16.9 Å². The van der Waals surface area contributed by atoms with Gasteiger partial charge in [-0.2, -0.15) is 0 Å². The first-order valence-electron chi connectivity index (χ1n) is 16.3. The van der Waals surface area contributed by atoms with E-state index in [0.29, 0.717) is 22.3 Å². The van der Waals surface area contributed by atoms with Crippen LogP contribution in [0.5, 0.6) is 5.75 Å². The van der Waals surface area contributed by atoms with Gasteiger partial charge in [-0.05, 0) is 66.3 Å². The maximum Gasteiger partial charge on any atom is 0.342 e. The molecule has 1 fully saturated rings. The van der Waals surface area contributed by atoms with Crippen molar-refractivity contribution in [1.82, 2.24) is 9.38 Å². The van der Waals surface area contributed by atoms with Gasteiger partial charge in [0.15, 0.2) is 11.8 Å². The summed E-state index contributed by atoms with van der Waals surface area (Å²) in [5, 5.41) is 11.4. The Morgan fingerprint density at radius 1 is 0.979 bits per heavy atom. The molecule has 8 nitrogen and oxygen atoms in total. The smallest absolute Gasteiger partial charge is 0.342 e. The molecule has 1 saturated carbocycles. The first-order valence-corrected chi connectivity index (χ1v) is 17.1. The van der Waals surface area contributed by atoms with Crippen LogP contribution in [-0.2, 0) is 4.74 Å². The second-order valence-electron chi connectivity index (χ2n) is 15.2. The van der Waals surface area contributed by atoms with E-state index in [1.807, 2.05) is 6.07 Å². The number of fused-ring (bicyclic) bond motifs is 1. The number of ether oxygens (including phenoxy) is 2. The lowest BCUT2D eigenvalue weighted by Crippen LogP contribution is -2.49. The van der Waals surface area contributed by atoms with Gasteiger partial charge in [0.25, 0.3) is 5.56 Å². The topological polar surface area (TPSA) is 116 Å². The van der Waals surface area contributed by atoms with Crippen molar-refractivity contribution in [3.63, 3.8) is 0 Å². The van der Waals surface area contributed by atoms with E-state index in [4.69, 9.17) is 38.4 Å². The fourth-order valence-corrected chi connectivity index (χ4v) is 7.53. The van der Waals surface area contributed by atoms with Gasteiger partial charge in [-0.1, -0.05) is 102 Å². The lowest BCUT2D eigenvalue weighted by Gasteiger charge is -2.50. The summed E-state index contributed by atoms with van der Waals surface area (Å²) < 4.78 is 13.5. The zero-order valence-electron chi connectivity index (χ0n) is 28.8. The van der Waals surface area contributed by atoms with Crippen LogP contribution in [-0.4, -0.2) is 32.7 Å². The van der Waals surface area contributed by atoms with Crippen LogP contribution in [0.25, 0.3) is 22.5 Å². The van der Waals surface area contributed by atoms with Crippen molar-refractivity contribution < 1.29 is 19.4 Å². The average molecular weight is 695 g/mol. The summed E-state index contributed by atoms with van der Waals surface area (Å²) in [6.07, 6.45) is 0.464. The number of benzene rings is 2. The van der Waals surface area contributed by atoms with Crippen molar-refractivity contribution in [3.05, 3.63) is 85.9 Å². The molecule has 0 amide bonds. The molecule has 0 bridgehead atoms. The summed E-state index contributed by atoms with van der Waals surface area (Å²) in [5.74, 6) is -0.237. The number of anilines is 1. The molecule has 3 atom stereocenters. The molecule has 3 unspecified atom stereocenters. The Bertz CT molecular complexity index is 1900. The predicted octanol–water partition coefficient (Wildman–Crippen LogP) is 8.38. The third-order valence-electron chi connectivity index (χ3n) is 9.60. The number of hydrogen-bond acceptors (Lipinski definition) is 7. The number of aliphatic hydroxyl groups is 1. The number of aromatic nitrogens is 2. The maximum atomic E-state index is 14.6. The highest BCUT2D eigenvalue weighted by Gasteiger charge is 2.48. The van der Waals surface area contributed by atoms with E-state index in [9.17, 15) is 14.7 Å². The highest BCUT2D eigenvalue weighted by Crippen LogP contribution is 2.50. The molecule has 0 aliphatic heterocycles. The molecule has 0 saturated heterocycles. The van der Waals surface area contributed by atoms with Gasteiger partial charge in [0, 0.05) is 22.4 Å². The predicted molar refractivity (Wildman–Crippen MR) is 193 cm³/mol. The molecule has 1 aliphatic rings. The molecule has 1 aliphatic carbocycles. The van der Waals surface area contributed by atoms with Gasteiger partial charge < -0.3 is 20.3 Å². The van der Waals surface area contributed by atoms with E-state index in [1.54, 1.807) is 55.5 Å². The van der Waals surface area contributed by atoms with Crippen LogP contribution in [0.15, 0.2) is 59.4 Å². The van der Waals surface area contributed by atoms with Crippen molar-refractivity contribution in [2.24, 2.45) is 28.6 Å². The van der Waals surface area contributed by atoms with Crippen molar-refractivity contribution in [2.75, 3.05) is 5.73 Å². The number of carbonyl (C=O) groups excluding carboxylic acids is 1. The van der Waals surface area contributed by atoms with Gasteiger partial charge in [-0.25, -0.2) is 14.2 Å². The number of nitrogens with two attached hydrogens (primary N) is 1. The van der Waals surface area contributed by atoms with Crippen LogP contribution in [0.2, 0.25) is 10.2 Å². The number of nitrogens with zero attached hydrogens (tertiary/aromatic N) is 2. The fourth-order valence-electron chi connectivity index (χ4n) is 7.04. The minimum atomic E-state index is -0.950. The maximum absolute atomic E-state index is 14.6. The van der Waals surface area contributed by atoms with Gasteiger partial charge in [-0.3, -0.25) is 4.79 Å². The lowest BCUT2D eigenvalue weighted by molar-refractivity contribution is -0.0922. The summed E-state index contributed by atoms with van der Waals surface area (Å²) in [6, 6.07) is 15.7. The van der Waals surface area contributed by atoms with Crippen LogP contribution < -0.4 is 21.2 Å². The SMILES string of the molecule is CC1CC(C(C)(C)C)C(OC(=O)c2c(-c3ccc(Cl)cc3)c(Cl)n3c(=O)/c(=C(/O)C(C)Oc4ccccc4)c(N)nc23)C(C(C)(C)C)C1. The van der Waals surface area contributed by atoms with Crippen LogP contribution in [0, 0.1) is 28.6 Å². The van der Waals surface area contributed by atoms with Gasteiger partial charge >= 0.3 is 5.97 Å². The summed E-state index contributed by atoms with van der Waals surface area (Å²) in [6.45, 7) is 16.9. The molecule has 256 valence electrons. The van der Waals surface area contributed by atoms with Crippen molar-refractivity contribution in [2.45, 2.75) is 80.4 Å². The van der Waals surface area contributed by atoms with Gasteiger partial charge in [0.05, 0.1) is 0 Å². The molecule has 0 radical (unpaired) electrons. The molecule has 5 rings (SSSR count). The number of nitrogen functional groups attached to an aromatic ring is 1. The van der Waals surface area contributed by atoms with E-state index in [2.05, 4.69) is 53.5 Å². The monoisotopic (exact) mass is 693 g/mol. The lowest BCUT2D eigenvalue weighted by atomic mass is 9.59. The number of aliphatic hydroxyl groups excluding tert-OH is 1. The molecule has 2 aromatic carbocycles. The minimum absolute atomic E-state index is 0.0182.